The molecule has 1 heterocycles. The van der Waals surface area contributed by atoms with Gasteiger partial charge in [0.05, 0.1) is 0 Å². The highest BCUT2D eigenvalue weighted by atomic mass is 35.5. The van der Waals surface area contributed by atoms with Crippen molar-refractivity contribution >= 4 is 24.8 Å². The number of rotatable bonds is 3. The van der Waals surface area contributed by atoms with E-state index >= 15 is 0 Å². The van der Waals surface area contributed by atoms with Gasteiger partial charge in [0.15, 0.2) is 0 Å². The molecule has 17 heavy (non-hydrogen) atoms. The maximum atomic E-state index is 12.9. The van der Waals surface area contributed by atoms with Crippen LogP contribution < -0.4 is 10.6 Å². The Balaban J connectivity index is 0.00000128. The number of halogens is 3. The minimum absolute atomic E-state index is 0. The van der Waals surface area contributed by atoms with E-state index in [-0.39, 0.29) is 30.6 Å². The number of hydrogen-bond acceptors (Lipinski definition) is 2. The highest BCUT2D eigenvalue weighted by molar-refractivity contribution is 5.85. The van der Waals surface area contributed by atoms with Crippen molar-refractivity contribution in [2.75, 3.05) is 13.1 Å². The van der Waals surface area contributed by atoms with Crippen LogP contribution in [0.2, 0.25) is 0 Å². The first-order valence-corrected chi connectivity index (χ1v) is 5.53. The minimum Gasteiger partial charge on any atom is -0.317 e. The lowest BCUT2D eigenvalue weighted by Crippen LogP contribution is -2.39. The molecule has 0 aromatic heterocycles. The van der Waals surface area contributed by atoms with Gasteiger partial charge in [0.25, 0.3) is 0 Å². The van der Waals surface area contributed by atoms with Crippen LogP contribution in [-0.4, -0.2) is 19.1 Å². The lowest BCUT2D eigenvalue weighted by molar-refractivity contribution is 0.386. The van der Waals surface area contributed by atoms with Crippen molar-refractivity contribution in [2.45, 2.75) is 25.4 Å². The molecule has 2 N–H and O–H groups in total. The lowest BCUT2D eigenvalue weighted by atomic mass is 10.1. The Morgan fingerprint density at radius 2 is 1.94 bits per heavy atom. The molecule has 1 aliphatic rings. The summed E-state index contributed by atoms with van der Waals surface area (Å²) in [6, 6.07) is 7.36. The molecular weight excluding hydrogens is 262 g/mol. The minimum atomic E-state index is -0.153. The number of benzene rings is 1. The van der Waals surface area contributed by atoms with Crippen LogP contribution in [-0.2, 0) is 6.54 Å². The topological polar surface area (TPSA) is 24.1 Å². The molecule has 0 unspecified atom stereocenters. The lowest BCUT2D eigenvalue weighted by Gasteiger charge is -2.23. The van der Waals surface area contributed by atoms with Gasteiger partial charge in [-0.15, -0.1) is 24.8 Å². The van der Waals surface area contributed by atoms with Crippen LogP contribution in [0.3, 0.4) is 0 Å². The quantitative estimate of drug-likeness (QED) is 0.889. The van der Waals surface area contributed by atoms with Crippen LogP contribution in [0, 0.1) is 5.82 Å². The summed E-state index contributed by atoms with van der Waals surface area (Å²) >= 11 is 0. The van der Waals surface area contributed by atoms with E-state index in [1.54, 1.807) is 12.1 Å². The van der Waals surface area contributed by atoms with Gasteiger partial charge in [-0.2, -0.15) is 0 Å². The molecular formula is C12H19Cl2FN2. The summed E-state index contributed by atoms with van der Waals surface area (Å²) < 4.78 is 12.9. The van der Waals surface area contributed by atoms with Gasteiger partial charge in [-0.1, -0.05) is 12.1 Å². The zero-order valence-electron chi connectivity index (χ0n) is 9.62. The van der Waals surface area contributed by atoms with Gasteiger partial charge in [0, 0.05) is 12.6 Å². The van der Waals surface area contributed by atoms with Gasteiger partial charge in [0.1, 0.15) is 5.82 Å². The van der Waals surface area contributed by atoms with E-state index in [0.717, 1.165) is 38.0 Å². The van der Waals surface area contributed by atoms with Crippen molar-refractivity contribution in [3.8, 4) is 0 Å². The zero-order valence-corrected chi connectivity index (χ0v) is 11.2. The molecule has 0 radical (unpaired) electrons. The average Bonchev–Trinajstić information content (AvgIpc) is 2.28. The molecule has 1 saturated heterocycles. The monoisotopic (exact) mass is 280 g/mol. The molecule has 0 atom stereocenters. The summed E-state index contributed by atoms with van der Waals surface area (Å²) in [5.41, 5.74) is 1.02. The molecule has 0 aliphatic carbocycles. The smallest absolute Gasteiger partial charge is 0.123 e. The molecule has 0 amide bonds. The van der Waals surface area contributed by atoms with Gasteiger partial charge in [0.2, 0.25) is 0 Å². The van der Waals surface area contributed by atoms with E-state index in [4.69, 9.17) is 0 Å². The Bertz CT molecular complexity index is 317. The van der Waals surface area contributed by atoms with Crippen molar-refractivity contribution in [3.05, 3.63) is 35.6 Å². The van der Waals surface area contributed by atoms with E-state index in [9.17, 15) is 4.39 Å². The molecule has 2 nitrogen and oxygen atoms in total. The second-order valence-corrected chi connectivity index (χ2v) is 4.04. The largest absolute Gasteiger partial charge is 0.317 e. The second kappa shape index (κ2) is 8.70. The average molecular weight is 281 g/mol. The highest BCUT2D eigenvalue weighted by Gasteiger charge is 2.11. The van der Waals surface area contributed by atoms with Crippen LogP contribution >= 0.6 is 24.8 Å². The van der Waals surface area contributed by atoms with Crippen LogP contribution in [0.15, 0.2) is 24.3 Å². The summed E-state index contributed by atoms with van der Waals surface area (Å²) in [4.78, 5) is 0. The number of nitrogens with one attached hydrogen (secondary N) is 2. The maximum Gasteiger partial charge on any atom is 0.123 e. The Kier molecular flexibility index (Phi) is 8.52. The van der Waals surface area contributed by atoms with Crippen molar-refractivity contribution in [1.29, 1.82) is 0 Å². The van der Waals surface area contributed by atoms with Crippen LogP contribution in [0.4, 0.5) is 4.39 Å². The van der Waals surface area contributed by atoms with E-state index in [1.807, 2.05) is 6.07 Å². The normalized spacial score (nSPS) is 15.8. The standard InChI is InChI=1S/C12H17FN2.2ClH/c13-11-3-1-2-10(8-11)9-15-12-4-6-14-7-5-12;;/h1-3,8,12,14-15H,4-7,9H2;2*1H. The summed E-state index contributed by atoms with van der Waals surface area (Å²) in [6.45, 7) is 2.93. The third kappa shape index (κ3) is 5.68. The fraction of sp³-hybridized carbons (Fsp3) is 0.500. The predicted octanol–water partition coefficient (Wildman–Crippen LogP) is 2.51. The Hall–Kier alpha value is -0.350. The van der Waals surface area contributed by atoms with E-state index in [1.165, 1.54) is 6.07 Å². The first kappa shape index (κ1) is 16.6. The second-order valence-electron chi connectivity index (χ2n) is 4.04. The van der Waals surface area contributed by atoms with Crippen molar-refractivity contribution in [2.24, 2.45) is 0 Å². The first-order chi connectivity index (χ1) is 7.34. The number of hydrogen-bond donors (Lipinski definition) is 2. The van der Waals surface area contributed by atoms with Gasteiger partial charge >= 0.3 is 0 Å². The molecule has 98 valence electrons. The van der Waals surface area contributed by atoms with Gasteiger partial charge in [-0.05, 0) is 43.6 Å². The van der Waals surface area contributed by atoms with Crippen molar-refractivity contribution in [1.82, 2.24) is 10.6 Å². The molecule has 1 aromatic carbocycles. The third-order valence-electron chi connectivity index (χ3n) is 2.82. The van der Waals surface area contributed by atoms with Gasteiger partial charge < -0.3 is 10.6 Å². The molecule has 0 bridgehead atoms. The molecule has 1 aliphatic heterocycles. The Morgan fingerprint density at radius 1 is 1.24 bits per heavy atom. The maximum absolute atomic E-state index is 12.9. The zero-order chi connectivity index (χ0) is 10.5. The van der Waals surface area contributed by atoms with Crippen LogP contribution in [0.25, 0.3) is 0 Å². The summed E-state index contributed by atoms with van der Waals surface area (Å²) in [5, 5.41) is 6.78. The Morgan fingerprint density at radius 3 is 2.59 bits per heavy atom. The van der Waals surface area contributed by atoms with Crippen molar-refractivity contribution in [3.63, 3.8) is 0 Å². The molecule has 0 saturated carbocycles. The highest BCUT2D eigenvalue weighted by Crippen LogP contribution is 2.06. The predicted molar refractivity (Wildman–Crippen MR) is 73.6 cm³/mol. The van der Waals surface area contributed by atoms with Crippen LogP contribution in [0.5, 0.6) is 0 Å². The summed E-state index contributed by atoms with van der Waals surface area (Å²) in [5.74, 6) is -0.153. The summed E-state index contributed by atoms with van der Waals surface area (Å²) in [6.07, 6.45) is 2.32. The molecule has 0 spiro atoms. The third-order valence-corrected chi connectivity index (χ3v) is 2.82. The SMILES string of the molecule is Cl.Cl.Fc1cccc(CNC2CCNCC2)c1. The Labute approximate surface area is 114 Å². The number of piperidine rings is 1. The molecule has 5 heteroatoms. The van der Waals surface area contributed by atoms with Crippen LogP contribution in [0.1, 0.15) is 18.4 Å². The first-order valence-electron chi connectivity index (χ1n) is 5.53. The van der Waals surface area contributed by atoms with Crippen molar-refractivity contribution < 1.29 is 4.39 Å². The van der Waals surface area contributed by atoms with Gasteiger partial charge in [-0.25, -0.2) is 4.39 Å². The fourth-order valence-corrected chi connectivity index (χ4v) is 1.94. The van der Waals surface area contributed by atoms with E-state index < -0.39 is 0 Å². The fourth-order valence-electron chi connectivity index (χ4n) is 1.94. The summed E-state index contributed by atoms with van der Waals surface area (Å²) in [7, 11) is 0. The molecule has 1 fully saturated rings. The van der Waals surface area contributed by atoms with E-state index in [2.05, 4.69) is 10.6 Å². The van der Waals surface area contributed by atoms with E-state index in [0.29, 0.717) is 6.04 Å². The molecule has 2 rings (SSSR count). The molecule has 1 aromatic rings. The van der Waals surface area contributed by atoms with Gasteiger partial charge in [-0.3, -0.25) is 0 Å².